The monoisotopic (exact) mass is 499 g/mol. The first-order chi connectivity index (χ1) is 16.5. The third-order valence-corrected chi connectivity index (χ3v) is 4.97. The second-order valence-electron chi connectivity index (χ2n) is 7.96. The molecule has 3 amide bonds. The molecule has 0 spiro atoms. The Bertz CT molecular complexity index is 862. The Balaban J connectivity index is 2.88. The summed E-state index contributed by atoms with van der Waals surface area (Å²) >= 11 is 0. The smallest absolute Gasteiger partial charge is 0.326 e. The second kappa shape index (κ2) is 14.6. The van der Waals surface area contributed by atoms with E-state index in [9.17, 15) is 34.2 Å². The number of nitrogens with zero attached hydrogens (tertiary/aromatic N) is 1. The first-order valence-electron chi connectivity index (χ1n) is 10.9. The van der Waals surface area contributed by atoms with Crippen molar-refractivity contribution in [3.8, 4) is 0 Å². The van der Waals surface area contributed by atoms with Gasteiger partial charge in [0.25, 0.3) is 0 Å². The van der Waals surface area contributed by atoms with E-state index in [1.807, 2.05) is 0 Å². The van der Waals surface area contributed by atoms with Gasteiger partial charge in [0.1, 0.15) is 18.1 Å². The number of hydrogen-bond donors (Lipinski definition) is 9. The fourth-order valence-corrected chi connectivity index (χ4v) is 3.06. The molecule has 0 radical (unpaired) electrons. The number of aliphatic hydroxyl groups is 1. The van der Waals surface area contributed by atoms with E-state index in [4.69, 9.17) is 16.6 Å². The van der Waals surface area contributed by atoms with E-state index in [1.165, 1.54) is 19.4 Å². The summed E-state index contributed by atoms with van der Waals surface area (Å²) in [5.74, 6) is -5.67. The molecule has 35 heavy (non-hydrogen) atoms. The van der Waals surface area contributed by atoms with Crippen LogP contribution in [0.4, 0.5) is 0 Å². The van der Waals surface area contributed by atoms with E-state index >= 15 is 0 Å². The molecule has 11 N–H and O–H groups in total. The van der Waals surface area contributed by atoms with E-state index < -0.39 is 66.4 Å². The molecule has 0 aliphatic rings. The Labute approximate surface area is 201 Å². The van der Waals surface area contributed by atoms with Crippen LogP contribution < -0.4 is 27.4 Å². The molecule has 0 saturated carbocycles. The number of aliphatic carboxylic acids is 2. The molecule has 15 nitrogen and oxygen atoms in total. The topological polar surface area (TPSA) is 263 Å². The van der Waals surface area contributed by atoms with Crippen molar-refractivity contribution in [3.05, 3.63) is 18.2 Å². The molecule has 0 aliphatic heterocycles. The maximum atomic E-state index is 12.7. The van der Waals surface area contributed by atoms with Gasteiger partial charge >= 0.3 is 11.9 Å². The van der Waals surface area contributed by atoms with Crippen LogP contribution in [0.25, 0.3) is 0 Å². The minimum atomic E-state index is -1.67. The lowest BCUT2D eigenvalue weighted by Crippen LogP contribution is -2.60. The van der Waals surface area contributed by atoms with Crippen LogP contribution in [0.1, 0.15) is 38.3 Å². The number of carboxylic acid groups (broad SMARTS) is 2. The standard InChI is InChI=1S/C20H33N7O8/c1-10(28)16(27-17(31)12(22)6-11-8-23-9-24-11)19(33)26-14(7-15(29)30)18(32)25-13(20(34)35)4-2-3-5-21/h8-10,12-14,16,28H,2-7,21-22H2,1H3,(H,23,24)(H,25,32)(H,26,33)(H,27,31)(H,29,30)(H,34,35). The highest BCUT2D eigenvalue weighted by Crippen LogP contribution is 2.05. The van der Waals surface area contributed by atoms with Crippen molar-refractivity contribution in [1.29, 1.82) is 0 Å². The Morgan fingerprint density at radius 1 is 1.03 bits per heavy atom. The lowest BCUT2D eigenvalue weighted by Gasteiger charge is -2.26. The van der Waals surface area contributed by atoms with Gasteiger partial charge in [-0.15, -0.1) is 0 Å². The predicted molar refractivity (Wildman–Crippen MR) is 121 cm³/mol. The van der Waals surface area contributed by atoms with Crippen molar-refractivity contribution in [2.24, 2.45) is 11.5 Å². The first-order valence-corrected chi connectivity index (χ1v) is 10.9. The number of aliphatic hydroxyl groups excluding tert-OH is 1. The molecule has 5 unspecified atom stereocenters. The Morgan fingerprint density at radius 2 is 1.69 bits per heavy atom. The van der Waals surface area contributed by atoms with Crippen molar-refractivity contribution < 1.29 is 39.3 Å². The molecule has 15 heteroatoms. The largest absolute Gasteiger partial charge is 0.481 e. The number of unbranched alkanes of at least 4 members (excludes halogenated alkanes) is 1. The molecule has 1 aromatic rings. The SMILES string of the molecule is CC(O)C(NC(=O)C(N)Cc1cnc[nH]1)C(=O)NC(CC(=O)O)C(=O)NC(CCCCN)C(=O)O. The highest BCUT2D eigenvalue weighted by molar-refractivity contribution is 5.95. The lowest BCUT2D eigenvalue weighted by atomic mass is 10.1. The predicted octanol–water partition coefficient (Wildman–Crippen LogP) is -3.20. The van der Waals surface area contributed by atoms with Gasteiger partial charge in [-0.3, -0.25) is 19.2 Å². The summed E-state index contributed by atoms with van der Waals surface area (Å²) in [6.45, 7) is 1.53. The summed E-state index contributed by atoms with van der Waals surface area (Å²) in [6.07, 6.45) is 1.58. The quantitative estimate of drug-likeness (QED) is 0.102. The number of carboxylic acids is 2. The van der Waals surface area contributed by atoms with Crippen LogP contribution in [0.15, 0.2) is 12.5 Å². The molecule has 0 fully saturated rings. The second-order valence-corrected chi connectivity index (χ2v) is 7.96. The zero-order valence-corrected chi connectivity index (χ0v) is 19.3. The van der Waals surface area contributed by atoms with Gasteiger partial charge in [0.2, 0.25) is 17.7 Å². The zero-order valence-electron chi connectivity index (χ0n) is 19.3. The maximum Gasteiger partial charge on any atom is 0.326 e. The molecule has 0 aromatic carbocycles. The van der Waals surface area contributed by atoms with Crippen LogP contribution in [0, 0.1) is 0 Å². The molecule has 1 aromatic heterocycles. The Morgan fingerprint density at radius 3 is 2.20 bits per heavy atom. The number of imidazole rings is 1. The summed E-state index contributed by atoms with van der Waals surface area (Å²) < 4.78 is 0. The average molecular weight is 500 g/mol. The van der Waals surface area contributed by atoms with E-state index in [-0.39, 0.29) is 12.8 Å². The van der Waals surface area contributed by atoms with Gasteiger partial charge in [-0.1, -0.05) is 0 Å². The molecule has 196 valence electrons. The van der Waals surface area contributed by atoms with Gasteiger partial charge in [-0.25, -0.2) is 9.78 Å². The minimum absolute atomic E-state index is 0.0482. The van der Waals surface area contributed by atoms with Gasteiger partial charge in [-0.05, 0) is 32.7 Å². The van der Waals surface area contributed by atoms with E-state index in [0.717, 1.165) is 0 Å². The van der Waals surface area contributed by atoms with Crippen molar-refractivity contribution >= 4 is 29.7 Å². The molecular weight excluding hydrogens is 466 g/mol. The van der Waals surface area contributed by atoms with Gasteiger partial charge in [-0.2, -0.15) is 0 Å². The normalized spacial score (nSPS) is 15.2. The highest BCUT2D eigenvalue weighted by atomic mass is 16.4. The van der Waals surface area contributed by atoms with Gasteiger partial charge in [0, 0.05) is 18.3 Å². The van der Waals surface area contributed by atoms with E-state index in [0.29, 0.717) is 25.1 Å². The number of amides is 3. The fourth-order valence-electron chi connectivity index (χ4n) is 3.06. The molecule has 0 bridgehead atoms. The number of H-pyrrole nitrogens is 1. The summed E-state index contributed by atoms with van der Waals surface area (Å²) in [5.41, 5.74) is 11.8. The lowest BCUT2D eigenvalue weighted by molar-refractivity contribution is -0.144. The molecule has 1 heterocycles. The molecule has 5 atom stereocenters. The third-order valence-electron chi connectivity index (χ3n) is 4.97. The summed E-state index contributed by atoms with van der Waals surface area (Å²) in [7, 11) is 0. The number of nitrogens with two attached hydrogens (primary N) is 2. The number of nitrogens with one attached hydrogen (secondary N) is 4. The van der Waals surface area contributed by atoms with E-state index in [2.05, 4.69) is 25.9 Å². The fraction of sp³-hybridized carbons (Fsp3) is 0.600. The molecule has 0 aliphatic carbocycles. The van der Waals surface area contributed by atoms with Crippen LogP contribution in [0.3, 0.4) is 0 Å². The summed E-state index contributed by atoms with van der Waals surface area (Å²) in [6, 6.07) is -5.67. The van der Waals surface area contributed by atoms with Crippen molar-refractivity contribution in [1.82, 2.24) is 25.9 Å². The highest BCUT2D eigenvalue weighted by Gasteiger charge is 2.33. The molecular formula is C20H33N7O8. The van der Waals surface area contributed by atoms with Crippen LogP contribution in [-0.2, 0) is 30.4 Å². The van der Waals surface area contributed by atoms with Crippen LogP contribution in [-0.4, -0.2) is 91.8 Å². The Hall–Kier alpha value is -3.56. The first kappa shape index (κ1) is 29.5. The number of carbonyl (C=O) groups is 5. The number of aromatic nitrogens is 2. The number of hydrogen-bond acceptors (Lipinski definition) is 9. The summed E-state index contributed by atoms with van der Waals surface area (Å²) in [4.78, 5) is 67.0. The minimum Gasteiger partial charge on any atom is -0.481 e. The number of rotatable bonds is 16. The molecule has 0 saturated heterocycles. The van der Waals surface area contributed by atoms with Gasteiger partial charge in [0.15, 0.2) is 0 Å². The van der Waals surface area contributed by atoms with Gasteiger partial charge < -0.3 is 47.7 Å². The number of carbonyl (C=O) groups excluding carboxylic acids is 3. The maximum absolute atomic E-state index is 12.7. The molecule has 1 rings (SSSR count). The van der Waals surface area contributed by atoms with Crippen LogP contribution in [0.2, 0.25) is 0 Å². The average Bonchev–Trinajstić information content (AvgIpc) is 3.28. The zero-order chi connectivity index (χ0) is 26.5. The Kier molecular flexibility index (Phi) is 12.3. The van der Waals surface area contributed by atoms with Crippen molar-refractivity contribution in [2.75, 3.05) is 6.54 Å². The van der Waals surface area contributed by atoms with E-state index in [1.54, 1.807) is 0 Å². The third kappa shape index (κ3) is 10.5. The van der Waals surface area contributed by atoms with Crippen molar-refractivity contribution in [3.63, 3.8) is 0 Å². The van der Waals surface area contributed by atoms with Crippen molar-refractivity contribution in [2.45, 2.75) is 69.3 Å². The van der Waals surface area contributed by atoms with Crippen LogP contribution >= 0.6 is 0 Å². The summed E-state index contributed by atoms with van der Waals surface area (Å²) in [5, 5.41) is 35.1. The van der Waals surface area contributed by atoms with Crippen LogP contribution in [0.5, 0.6) is 0 Å². The van der Waals surface area contributed by atoms with Gasteiger partial charge in [0.05, 0.1) is 24.9 Å². The number of aromatic amines is 1.